The maximum Gasteiger partial charge on any atom is 0.255 e. The number of anilines is 1. The molecule has 102 valence electrons. The predicted molar refractivity (Wildman–Crippen MR) is 79.6 cm³/mol. The smallest absolute Gasteiger partial charge is 0.255 e. The third-order valence-electron chi connectivity index (χ3n) is 3.00. The van der Waals surface area contributed by atoms with E-state index in [1.165, 1.54) is 0 Å². The Morgan fingerprint density at radius 1 is 1.15 bits per heavy atom. The van der Waals surface area contributed by atoms with Crippen molar-refractivity contribution in [3.63, 3.8) is 0 Å². The molecule has 0 aliphatic carbocycles. The Morgan fingerprint density at radius 3 is 2.60 bits per heavy atom. The van der Waals surface area contributed by atoms with E-state index >= 15 is 0 Å². The van der Waals surface area contributed by atoms with Crippen molar-refractivity contribution in [3.05, 3.63) is 65.2 Å². The van der Waals surface area contributed by atoms with Crippen LogP contribution in [0.2, 0.25) is 0 Å². The van der Waals surface area contributed by atoms with Gasteiger partial charge in [0.1, 0.15) is 0 Å². The highest BCUT2D eigenvalue weighted by Gasteiger charge is 2.10. The van der Waals surface area contributed by atoms with Gasteiger partial charge in [-0.15, -0.1) is 0 Å². The summed E-state index contributed by atoms with van der Waals surface area (Å²) in [6, 6.07) is 14.6. The molecule has 0 saturated heterocycles. The summed E-state index contributed by atoms with van der Waals surface area (Å²) in [7, 11) is 0. The van der Waals surface area contributed by atoms with Gasteiger partial charge in [-0.1, -0.05) is 41.1 Å². The van der Waals surface area contributed by atoms with E-state index in [2.05, 4.69) is 10.5 Å². The number of hydrogen-bond donors (Lipinski definition) is 2. The van der Waals surface area contributed by atoms with Crippen LogP contribution in [0.4, 0.5) is 5.69 Å². The third-order valence-corrected chi connectivity index (χ3v) is 3.00. The fraction of sp³-hybridized carbons (Fsp3) is 0.125. The van der Waals surface area contributed by atoms with Crippen molar-refractivity contribution >= 4 is 17.3 Å². The SMILES string of the molecule is C/C(=N\O)c1ccccc1NC(=O)c1cccc(C)c1. The van der Waals surface area contributed by atoms with Crippen LogP contribution in [0.15, 0.2) is 53.7 Å². The average molecular weight is 268 g/mol. The Bertz CT molecular complexity index is 663. The van der Waals surface area contributed by atoms with Gasteiger partial charge in [0.15, 0.2) is 0 Å². The van der Waals surface area contributed by atoms with Crippen molar-refractivity contribution < 1.29 is 10.0 Å². The summed E-state index contributed by atoms with van der Waals surface area (Å²) in [6.07, 6.45) is 0. The normalized spacial score (nSPS) is 11.2. The van der Waals surface area contributed by atoms with Crippen molar-refractivity contribution in [2.75, 3.05) is 5.32 Å². The largest absolute Gasteiger partial charge is 0.411 e. The van der Waals surface area contributed by atoms with E-state index < -0.39 is 0 Å². The number of benzene rings is 2. The van der Waals surface area contributed by atoms with Crippen molar-refractivity contribution in [1.82, 2.24) is 0 Å². The van der Waals surface area contributed by atoms with E-state index in [4.69, 9.17) is 5.21 Å². The first kappa shape index (κ1) is 13.8. The molecule has 0 atom stereocenters. The molecule has 0 radical (unpaired) electrons. The zero-order valence-electron chi connectivity index (χ0n) is 11.4. The van der Waals surface area contributed by atoms with Gasteiger partial charge in [-0.3, -0.25) is 4.79 Å². The quantitative estimate of drug-likeness (QED) is 0.509. The van der Waals surface area contributed by atoms with Gasteiger partial charge in [0.25, 0.3) is 5.91 Å². The van der Waals surface area contributed by atoms with Gasteiger partial charge >= 0.3 is 0 Å². The summed E-state index contributed by atoms with van der Waals surface area (Å²) in [5, 5.41) is 14.9. The van der Waals surface area contributed by atoms with Crippen molar-refractivity contribution in [2.45, 2.75) is 13.8 Å². The molecular weight excluding hydrogens is 252 g/mol. The number of para-hydroxylation sites is 1. The van der Waals surface area contributed by atoms with E-state index in [1.807, 2.05) is 37.3 Å². The minimum Gasteiger partial charge on any atom is -0.411 e. The topological polar surface area (TPSA) is 61.7 Å². The number of hydrogen-bond acceptors (Lipinski definition) is 3. The summed E-state index contributed by atoms with van der Waals surface area (Å²) >= 11 is 0. The zero-order valence-corrected chi connectivity index (χ0v) is 11.4. The molecule has 1 amide bonds. The Labute approximate surface area is 117 Å². The molecule has 0 unspecified atom stereocenters. The lowest BCUT2D eigenvalue weighted by molar-refractivity contribution is 0.102. The number of rotatable bonds is 3. The molecule has 4 nitrogen and oxygen atoms in total. The van der Waals surface area contributed by atoms with Crippen LogP contribution in [0.3, 0.4) is 0 Å². The van der Waals surface area contributed by atoms with Crippen LogP contribution in [0.1, 0.15) is 28.4 Å². The maximum atomic E-state index is 12.2. The number of amides is 1. The summed E-state index contributed by atoms with van der Waals surface area (Å²) in [5.41, 5.74) is 3.38. The average Bonchev–Trinajstić information content (AvgIpc) is 2.47. The Hall–Kier alpha value is -2.62. The molecule has 2 aromatic carbocycles. The summed E-state index contributed by atoms with van der Waals surface area (Å²) in [6.45, 7) is 3.62. The standard InChI is InChI=1S/C16H16N2O2/c1-11-6-5-7-13(10-11)16(19)17-15-9-4-3-8-14(15)12(2)18-20/h3-10,20H,1-2H3,(H,17,19)/b18-12+. The first-order valence-corrected chi connectivity index (χ1v) is 6.28. The lowest BCUT2D eigenvalue weighted by Gasteiger charge is -2.10. The van der Waals surface area contributed by atoms with Crippen molar-refractivity contribution in [3.8, 4) is 0 Å². The highest BCUT2D eigenvalue weighted by Crippen LogP contribution is 2.17. The highest BCUT2D eigenvalue weighted by atomic mass is 16.4. The predicted octanol–water partition coefficient (Wildman–Crippen LogP) is 3.45. The van der Waals surface area contributed by atoms with E-state index in [1.54, 1.807) is 25.1 Å². The highest BCUT2D eigenvalue weighted by molar-refractivity contribution is 6.10. The van der Waals surface area contributed by atoms with E-state index in [0.29, 0.717) is 22.5 Å². The maximum absolute atomic E-state index is 12.2. The summed E-state index contributed by atoms with van der Waals surface area (Å²) in [5.74, 6) is -0.188. The van der Waals surface area contributed by atoms with Crippen LogP contribution in [0, 0.1) is 6.92 Å². The lowest BCUT2D eigenvalue weighted by Crippen LogP contribution is -2.14. The first-order valence-electron chi connectivity index (χ1n) is 6.28. The fourth-order valence-electron chi connectivity index (χ4n) is 1.94. The molecule has 2 aromatic rings. The van der Waals surface area contributed by atoms with Crippen LogP contribution in [0.5, 0.6) is 0 Å². The molecule has 2 rings (SSSR count). The molecule has 20 heavy (non-hydrogen) atoms. The molecular formula is C16H16N2O2. The molecule has 0 aliphatic rings. The van der Waals surface area contributed by atoms with Gasteiger partial charge in [0.2, 0.25) is 0 Å². The molecule has 0 saturated carbocycles. The number of carbonyl (C=O) groups excluding carboxylic acids is 1. The number of nitrogens with zero attached hydrogens (tertiary/aromatic N) is 1. The lowest BCUT2D eigenvalue weighted by atomic mass is 10.1. The second-order valence-corrected chi connectivity index (χ2v) is 4.55. The fourth-order valence-corrected chi connectivity index (χ4v) is 1.94. The molecule has 0 heterocycles. The number of nitrogens with one attached hydrogen (secondary N) is 1. The second-order valence-electron chi connectivity index (χ2n) is 4.55. The van der Waals surface area contributed by atoms with E-state index in [0.717, 1.165) is 5.56 Å². The molecule has 0 bridgehead atoms. The third kappa shape index (κ3) is 3.03. The molecule has 0 aromatic heterocycles. The number of oxime groups is 1. The second kappa shape index (κ2) is 6.02. The Balaban J connectivity index is 2.29. The summed E-state index contributed by atoms with van der Waals surface area (Å²) < 4.78 is 0. The Morgan fingerprint density at radius 2 is 1.90 bits per heavy atom. The molecule has 0 spiro atoms. The Kier molecular flexibility index (Phi) is 4.15. The van der Waals surface area contributed by atoms with Crippen molar-refractivity contribution in [2.24, 2.45) is 5.16 Å². The minimum absolute atomic E-state index is 0.188. The van der Waals surface area contributed by atoms with E-state index in [-0.39, 0.29) is 5.91 Å². The number of aryl methyl sites for hydroxylation is 1. The van der Waals surface area contributed by atoms with Gasteiger partial charge in [-0.05, 0) is 32.0 Å². The zero-order chi connectivity index (χ0) is 14.5. The van der Waals surface area contributed by atoms with Crippen LogP contribution in [-0.2, 0) is 0 Å². The van der Waals surface area contributed by atoms with Crippen LogP contribution >= 0.6 is 0 Å². The molecule has 0 aliphatic heterocycles. The van der Waals surface area contributed by atoms with Gasteiger partial charge < -0.3 is 10.5 Å². The summed E-state index contributed by atoms with van der Waals surface area (Å²) in [4.78, 5) is 12.2. The van der Waals surface area contributed by atoms with Crippen LogP contribution < -0.4 is 5.32 Å². The molecule has 2 N–H and O–H groups in total. The molecule has 0 fully saturated rings. The van der Waals surface area contributed by atoms with Gasteiger partial charge in [-0.25, -0.2) is 0 Å². The van der Waals surface area contributed by atoms with E-state index in [9.17, 15) is 4.79 Å². The molecule has 4 heteroatoms. The van der Waals surface area contributed by atoms with Gasteiger partial charge in [0, 0.05) is 11.1 Å². The monoisotopic (exact) mass is 268 g/mol. The van der Waals surface area contributed by atoms with Crippen molar-refractivity contribution in [1.29, 1.82) is 0 Å². The number of carbonyl (C=O) groups is 1. The van der Waals surface area contributed by atoms with Crippen LogP contribution in [-0.4, -0.2) is 16.8 Å². The van der Waals surface area contributed by atoms with Gasteiger partial charge in [-0.2, -0.15) is 0 Å². The van der Waals surface area contributed by atoms with Crippen LogP contribution in [0.25, 0.3) is 0 Å². The first-order chi connectivity index (χ1) is 9.61. The van der Waals surface area contributed by atoms with Gasteiger partial charge in [0.05, 0.1) is 11.4 Å². The minimum atomic E-state index is -0.188.